The summed E-state index contributed by atoms with van der Waals surface area (Å²) < 4.78 is 67.6. The molecule has 3 N–H and O–H groups in total. The molecule has 170 valence electrons. The Morgan fingerprint density at radius 3 is 2.47 bits per heavy atom. The van der Waals surface area contributed by atoms with Crippen molar-refractivity contribution in [2.24, 2.45) is 5.73 Å². The molecule has 0 bridgehead atoms. The number of imidazole rings is 1. The summed E-state index contributed by atoms with van der Waals surface area (Å²) >= 11 is 0. The van der Waals surface area contributed by atoms with Crippen molar-refractivity contribution in [1.29, 1.82) is 0 Å². The first-order valence-electron chi connectivity index (χ1n) is 9.30. The van der Waals surface area contributed by atoms with Gasteiger partial charge in [0.15, 0.2) is 5.82 Å². The second kappa shape index (κ2) is 7.85. The summed E-state index contributed by atoms with van der Waals surface area (Å²) in [5.41, 5.74) is 4.73. The Labute approximate surface area is 179 Å². The number of pyridine rings is 1. The standard InChI is InChI=1S/C18H17F3N6O4S/c19-18(20,21)11-3-4-12-13(10-11)25-17(24-12)27-8-6-26(7-9-27)15-14(2-1-5-23-15)32(29,30)31-16(22)28/h1-5,10H,6-9H2,(H2,22,28)(H,24,25). The first kappa shape index (κ1) is 21.7. The van der Waals surface area contributed by atoms with Crippen LogP contribution in [0.15, 0.2) is 41.4 Å². The van der Waals surface area contributed by atoms with E-state index in [0.717, 1.165) is 12.1 Å². The Bertz CT molecular complexity index is 1270. The third-order valence-corrected chi connectivity index (χ3v) is 6.13. The molecule has 3 aromatic rings. The number of hydrogen-bond donors (Lipinski definition) is 2. The number of carbonyl (C=O) groups is 1. The average molecular weight is 470 g/mol. The zero-order valence-corrected chi connectivity index (χ0v) is 17.2. The van der Waals surface area contributed by atoms with Gasteiger partial charge in [-0.2, -0.15) is 21.6 Å². The van der Waals surface area contributed by atoms with Crippen LogP contribution in [0.1, 0.15) is 5.56 Å². The number of H-pyrrole nitrogens is 1. The molecular weight excluding hydrogens is 453 g/mol. The van der Waals surface area contributed by atoms with Gasteiger partial charge < -0.3 is 24.7 Å². The van der Waals surface area contributed by atoms with E-state index in [1.165, 1.54) is 24.4 Å². The highest BCUT2D eigenvalue weighted by Gasteiger charge is 2.31. The molecule has 3 heterocycles. The molecule has 0 atom stereocenters. The summed E-state index contributed by atoms with van der Waals surface area (Å²) in [6, 6.07) is 5.93. The van der Waals surface area contributed by atoms with Crippen molar-refractivity contribution >= 4 is 39.0 Å². The van der Waals surface area contributed by atoms with Crippen molar-refractivity contribution in [2.45, 2.75) is 11.1 Å². The van der Waals surface area contributed by atoms with Crippen molar-refractivity contribution in [1.82, 2.24) is 15.0 Å². The summed E-state index contributed by atoms with van der Waals surface area (Å²) in [5.74, 6) is 0.512. The summed E-state index contributed by atoms with van der Waals surface area (Å²) in [5, 5.41) is 0. The number of rotatable bonds is 4. The van der Waals surface area contributed by atoms with Crippen molar-refractivity contribution in [2.75, 3.05) is 36.0 Å². The number of nitrogens with zero attached hydrogens (tertiary/aromatic N) is 4. The van der Waals surface area contributed by atoms with Gasteiger partial charge >= 0.3 is 22.4 Å². The molecule has 1 aromatic carbocycles. The van der Waals surface area contributed by atoms with Gasteiger partial charge in [0, 0.05) is 32.4 Å². The number of halogens is 3. The van der Waals surface area contributed by atoms with Gasteiger partial charge in [-0.15, -0.1) is 0 Å². The monoisotopic (exact) mass is 470 g/mol. The lowest BCUT2D eigenvalue weighted by molar-refractivity contribution is -0.137. The highest BCUT2D eigenvalue weighted by molar-refractivity contribution is 7.87. The number of alkyl halides is 3. The fraction of sp³-hybridized carbons (Fsp3) is 0.278. The highest BCUT2D eigenvalue weighted by Crippen LogP contribution is 2.32. The zero-order valence-electron chi connectivity index (χ0n) is 16.3. The van der Waals surface area contributed by atoms with Crippen LogP contribution in [0, 0.1) is 0 Å². The Morgan fingerprint density at radius 1 is 1.12 bits per heavy atom. The maximum absolute atomic E-state index is 12.9. The molecule has 32 heavy (non-hydrogen) atoms. The van der Waals surface area contributed by atoms with E-state index >= 15 is 0 Å². The number of amides is 1. The molecule has 2 aromatic heterocycles. The van der Waals surface area contributed by atoms with E-state index in [1.807, 2.05) is 4.90 Å². The molecule has 1 fully saturated rings. The quantitative estimate of drug-likeness (QED) is 0.554. The molecule has 0 spiro atoms. The summed E-state index contributed by atoms with van der Waals surface area (Å²) in [4.78, 5) is 25.5. The molecule has 1 amide bonds. The van der Waals surface area contributed by atoms with Crippen molar-refractivity contribution in [3.05, 3.63) is 42.1 Å². The number of piperazine rings is 1. The summed E-state index contributed by atoms with van der Waals surface area (Å²) in [6.45, 7) is 1.44. The number of nitrogens with one attached hydrogen (secondary N) is 1. The SMILES string of the molecule is NC(=O)OS(=O)(=O)c1cccnc1N1CCN(c2nc3ccc(C(F)(F)F)cc3[nH]2)CC1. The second-order valence-electron chi connectivity index (χ2n) is 6.95. The number of benzene rings is 1. The van der Waals surface area contributed by atoms with Gasteiger partial charge in [-0.1, -0.05) is 0 Å². The maximum Gasteiger partial charge on any atom is 0.420 e. The van der Waals surface area contributed by atoms with Gasteiger partial charge in [0.1, 0.15) is 4.90 Å². The molecule has 4 rings (SSSR count). The molecule has 0 aliphatic carbocycles. The topological polar surface area (TPSA) is 135 Å². The van der Waals surface area contributed by atoms with E-state index in [9.17, 15) is 26.4 Å². The number of carbonyl (C=O) groups excluding carboxylic acids is 1. The van der Waals surface area contributed by atoms with Gasteiger partial charge in [-0.3, -0.25) is 0 Å². The number of aromatic amines is 1. The van der Waals surface area contributed by atoms with E-state index in [2.05, 4.69) is 19.1 Å². The van der Waals surface area contributed by atoms with Crippen molar-refractivity contribution < 1.29 is 30.6 Å². The number of aromatic nitrogens is 3. The van der Waals surface area contributed by atoms with Crippen LogP contribution in [0.5, 0.6) is 0 Å². The Balaban J connectivity index is 1.53. The lowest BCUT2D eigenvalue weighted by Gasteiger charge is -2.35. The Morgan fingerprint density at radius 2 is 1.81 bits per heavy atom. The number of primary amides is 1. The molecule has 1 aliphatic rings. The third kappa shape index (κ3) is 4.26. The van der Waals surface area contributed by atoms with Crippen LogP contribution in [0.4, 0.5) is 29.7 Å². The average Bonchev–Trinajstić information content (AvgIpc) is 3.16. The van der Waals surface area contributed by atoms with E-state index in [4.69, 9.17) is 5.73 Å². The van der Waals surface area contributed by atoms with E-state index < -0.39 is 28.0 Å². The van der Waals surface area contributed by atoms with E-state index in [-0.39, 0.29) is 16.2 Å². The van der Waals surface area contributed by atoms with Crippen LogP contribution in [0.2, 0.25) is 0 Å². The fourth-order valence-corrected chi connectivity index (χ4v) is 4.38. The van der Waals surface area contributed by atoms with Gasteiger partial charge in [-0.25, -0.2) is 14.8 Å². The molecule has 10 nitrogen and oxygen atoms in total. The number of nitrogens with two attached hydrogens (primary N) is 1. The van der Waals surface area contributed by atoms with Crippen LogP contribution in [-0.2, 0) is 20.5 Å². The lowest BCUT2D eigenvalue weighted by Crippen LogP contribution is -2.47. The smallest absolute Gasteiger partial charge is 0.352 e. The van der Waals surface area contributed by atoms with Crippen LogP contribution in [0.25, 0.3) is 11.0 Å². The normalized spacial score (nSPS) is 15.2. The number of anilines is 2. The van der Waals surface area contributed by atoms with E-state index in [1.54, 1.807) is 4.90 Å². The fourth-order valence-electron chi connectivity index (χ4n) is 3.42. The second-order valence-corrected chi connectivity index (χ2v) is 8.46. The first-order valence-corrected chi connectivity index (χ1v) is 10.7. The summed E-state index contributed by atoms with van der Waals surface area (Å²) in [6.07, 6.45) is -4.50. The van der Waals surface area contributed by atoms with Crippen molar-refractivity contribution in [3.63, 3.8) is 0 Å². The van der Waals surface area contributed by atoms with Gasteiger partial charge in [0.25, 0.3) is 0 Å². The lowest BCUT2D eigenvalue weighted by atomic mass is 10.2. The minimum atomic E-state index is -4.45. The zero-order chi connectivity index (χ0) is 23.1. The van der Waals surface area contributed by atoms with E-state index in [0.29, 0.717) is 37.6 Å². The number of hydrogen-bond acceptors (Lipinski definition) is 8. The predicted octanol–water partition coefficient (Wildman–Crippen LogP) is 2.09. The predicted molar refractivity (Wildman–Crippen MR) is 108 cm³/mol. The van der Waals surface area contributed by atoms with Crippen LogP contribution in [-0.4, -0.2) is 55.6 Å². The van der Waals surface area contributed by atoms with Crippen LogP contribution in [0.3, 0.4) is 0 Å². The minimum Gasteiger partial charge on any atom is -0.352 e. The molecular formula is C18H17F3N6O4S. The number of fused-ring (bicyclic) bond motifs is 1. The van der Waals surface area contributed by atoms with Crippen LogP contribution >= 0.6 is 0 Å². The van der Waals surface area contributed by atoms with Gasteiger partial charge in [-0.05, 0) is 30.3 Å². The molecule has 14 heteroatoms. The largest absolute Gasteiger partial charge is 0.420 e. The molecule has 1 saturated heterocycles. The summed E-state index contributed by atoms with van der Waals surface area (Å²) in [7, 11) is -4.44. The molecule has 1 aliphatic heterocycles. The Kier molecular flexibility index (Phi) is 5.32. The van der Waals surface area contributed by atoms with Gasteiger partial charge in [0.2, 0.25) is 5.95 Å². The third-order valence-electron chi connectivity index (χ3n) is 4.89. The maximum atomic E-state index is 12.9. The molecule has 0 saturated carbocycles. The minimum absolute atomic E-state index is 0.104. The first-order chi connectivity index (χ1) is 15.0. The molecule has 0 radical (unpaired) electrons. The van der Waals surface area contributed by atoms with Gasteiger partial charge in [0.05, 0.1) is 16.6 Å². The molecule has 0 unspecified atom stereocenters. The van der Waals surface area contributed by atoms with Crippen LogP contribution < -0.4 is 15.5 Å². The Hall–Kier alpha value is -3.55. The van der Waals surface area contributed by atoms with Crippen molar-refractivity contribution in [3.8, 4) is 0 Å². The highest BCUT2D eigenvalue weighted by atomic mass is 32.2.